The highest BCUT2D eigenvalue weighted by Crippen LogP contribution is 2.51. The van der Waals surface area contributed by atoms with Gasteiger partial charge in [-0.25, -0.2) is 4.98 Å². The summed E-state index contributed by atoms with van der Waals surface area (Å²) in [6.45, 7) is 0. The standard InChI is InChI=1S/C16H22N2OS/c19-15(11-4-2-1-3-5-11)8-13-12-6-7-20-16(12)14-9-17-10-18(13)14/h9-11,13,15,19H,1-8H2/t13-,15-/m0/s1. The molecule has 0 aromatic carbocycles. The van der Waals surface area contributed by atoms with Crippen molar-refractivity contribution >= 4 is 16.7 Å². The zero-order chi connectivity index (χ0) is 13.5. The van der Waals surface area contributed by atoms with Gasteiger partial charge in [-0.1, -0.05) is 19.3 Å². The van der Waals surface area contributed by atoms with E-state index in [0.29, 0.717) is 12.0 Å². The van der Waals surface area contributed by atoms with E-state index in [-0.39, 0.29) is 6.10 Å². The second kappa shape index (κ2) is 5.23. The Labute approximate surface area is 124 Å². The molecule has 0 bridgehead atoms. The van der Waals surface area contributed by atoms with Crippen molar-refractivity contribution in [1.82, 2.24) is 9.55 Å². The van der Waals surface area contributed by atoms with Crippen LogP contribution in [-0.2, 0) is 0 Å². The molecule has 108 valence electrons. The molecule has 1 saturated carbocycles. The molecular formula is C16H22N2OS. The molecule has 3 heterocycles. The van der Waals surface area contributed by atoms with Crippen LogP contribution in [0.4, 0.5) is 0 Å². The molecular weight excluding hydrogens is 268 g/mol. The second-order valence-corrected chi connectivity index (χ2v) is 7.46. The SMILES string of the molecule is O[C@@H](C[C@H]1C2=C(SCC2)c2cncn21)C1CCCCC1. The maximum Gasteiger partial charge on any atom is 0.0956 e. The molecule has 3 nitrogen and oxygen atoms in total. The van der Waals surface area contributed by atoms with E-state index in [0.717, 1.165) is 6.42 Å². The molecule has 1 aromatic heterocycles. The smallest absolute Gasteiger partial charge is 0.0956 e. The van der Waals surface area contributed by atoms with Crippen molar-refractivity contribution in [3.8, 4) is 0 Å². The fourth-order valence-electron chi connectivity index (χ4n) is 4.12. The van der Waals surface area contributed by atoms with Crippen LogP contribution >= 0.6 is 11.8 Å². The molecule has 4 rings (SSSR count). The van der Waals surface area contributed by atoms with Crippen LogP contribution in [0.25, 0.3) is 4.91 Å². The first-order valence-corrected chi connectivity index (χ1v) is 8.89. The van der Waals surface area contributed by atoms with E-state index in [2.05, 4.69) is 9.55 Å². The number of nitrogens with zero attached hydrogens (tertiary/aromatic N) is 2. The minimum Gasteiger partial charge on any atom is -0.393 e. The summed E-state index contributed by atoms with van der Waals surface area (Å²) < 4.78 is 2.29. The molecule has 3 aliphatic rings. The maximum absolute atomic E-state index is 10.7. The summed E-state index contributed by atoms with van der Waals surface area (Å²) >= 11 is 1.96. The molecule has 2 aliphatic heterocycles. The molecule has 1 N–H and O–H groups in total. The fourth-order valence-corrected chi connectivity index (χ4v) is 5.37. The number of hydrogen-bond acceptors (Lipinski definition) is 3. The van der Waals surface area contributed by atoms with Crippen LogP contribution in [0, 0.1) is 5.92 Å². The first-order valence-electron chi connectivity index (χ1n) is 7.90. The van der Waals surface area contributed by atoms with Crippen molar-refractivity contribution in [2.45, 2.75) is 57.1 Å². The van der Waals surface area contributed by atoms with E-state index in [9.17, 15) is 5.11 Å². The number of aliphatic hydroxyl groups excluding tert-OH is 1. The topological polar surface area (TPSA) is 38.1 Å². The van der Waals surface area contributed by atoms with Crippen molar-refractivity contribution in [3.05, 3.63) is 23.8 Å². The van der Waals surface area contributed by atoms with Crippen molar-refractivity contribution in [2.24, 2.45) is 5.92 Å². The molecule has 2 atom stereocenters. The van der Waals surface area contributed by atoms with Gasteiger partial charge >= 0.3 is 0 Å². The summed E-state index contributed by atoms with van der Waals surface area (Å²) in [7, 11) is 0. The number of hydrogen-bond donors (Lipinski definition) is 1. The first-order chi connectivity index (χ1) is 9.84. The fraction of sp³-hybridized carbons (Fsp3) is 0.688. The van der Waals surface area contributed by atoms with E-state index in [1.54, 1.807) is 5.57 Å². The van der Waals surface area contributed by atoms with Gasteiger partial charge in [-0.05, 0) is 37.2 Å². The molecule has 0 amide bonds. The lowest BCUT2D eigenvalue weighted by Crippen LogP contribution is -2.26. The minimum atomic E-state index is -0.145. The molecule has 4 heteroatoms. The third-order valence-corrected chi connectivity index (χ3v) is 6.37. The quantitative estimate of drug-likeness (QED) is 0.924. The van der Waals surface area contributed by atoms with Gasteiger partial charge in [-0.2, -0.15) is 0 Å². The van der Waals surface area contributed by atoms with E-state index < -0.39 is 0 Å². The number of aliphatic hydroxyl groups is 1. The summed E-state index contributed by atoms with van der Waals surface area (Å²) in [5.41, 5.74) is 2.84. The lowest BCUT2D eigenvalue weighted by molar-refractivity contribution is 0.0678. The summed E-state index contributed by atoms with van der Waals surface area (Å²) in [4.78, 5) is 5.76. The Balaban J connectivity index is 1.54. The summed E-state index contributed by atoms with van der Waals surface area (Å²) in [5, 5.41) is 10.7. The normalized spacial score (nSPS) is 27.8. The van der Waals surface area contributed by atoms with Crippen molar-refractivity contribution < 1.29 is 5.11 Å². The summed E-state index contributed by atoms with van der Waals surface area (Å²) in [5.74, 6) is 1.72. The van der Waals surface area contributed by atoms with Gasteiger partial charge in [0.15, 0.2) is 0 Å². The lowest BCUT2D eigenvalue weighted by atomic mass is 9.82. The van der Waals surface area contributed by atoms with Gasteiger partial charge in [-0.15, -0.1) is 11.8 Å². The molecule has 1 aromatic rings. The molecule has 0 unspecified atom stereocenters. The van der Waals surface area contributed by atoms with Crippen molar-refractivity contribution in [1.29, 1.82) is 0 Å². The maximum atomic E-state index is 10.7. The predicted molar refractivity (Wildman–Crippen MR) is 82.5 cm³/mol. The van der Waals surface area contributed by atoms with Crippen LogP contribution in [0.5, 0.6) is 0 Å². The van der Waals surface area contributed by atoms with Crippen LogP contribution in [-0.4, -0.2) is 26.5 Å². The number of aromatic nitrogens is 2. The van der Waals surface area contributed by atoms with Gasteiger partial charge in [-0.3, -0.25) is 0 Å². The molecule has 0 saturated heterocycles. The van der Waals surface area contributed by atoms with Crippen LogP contribution in [0.15, 0.2) is 18.1 Å². The minimum absolute atomic E-state index is 0.145. The third kappa shape index (κ3) is 2.04. The van der Waals surface area contributed by atoms with E-state index in [4.69, 9.17) is 0 Å². The highest BCUT2D eigenvalue weighted by molar-refractivity contribution is 8.08. The Morgan fingerprint density at radius 1 is 1.35 bits per heavy atom. The lowest BCUT2D eigenvalue weighted by Gasteiger charge is -2.29. The average Bonchev–Trinajstić information content (AvgIpc) is 3.16. The van der Waals surface area contributed by atoms with Gasteiger partial charge < -0.3 is 9.67 Å². The van der Waals surface area contributed by atoms with E-state index >= 15 is 0 Å². The zero-order valence-corrected chi connectivity index (χ0v) is 12.6. The Hall–Kier alpha value is -0.740. The van der Waals surface area contributed by atoms with Gasteiger partial charge in [0.1, 0.15) is 0 Å². The molecule has 1 fully saturated rings. The number of allylic oxidation sites excluding steroid dienone is 1. The van der Waals surface area contributed by atoms with E-state index in [1.165, 1.54) is 54.9 Å². The van der Waals surface area contributed by atoms with E-state index in [1.807, 2.05) is 24.3 Å². The van der Waals surface area contributed by atoms with Gasteiger partial charge in [0, 0.05) is 10.7 Å². The number of fused-ring (bicyclic) bond motifs is 2. The Morgan fingerprint density at radius 2 is 2.20 bits per heavy atom. The van der Waals surface area contributed by atoms with Crippen LogP contribution in [0.2, 0.25) is 0 Å². The monoisotopic (exact) mass is 290 g/mol. The largest absolute Gasteiger partial charge is 0.393 e. The van der Waals surface area contributed by atoms with Crippen LogP contribution in [0.1, 0.15) is 56.7 Å². The summed E-state index contributed by atoms with van der Waals surface area (Å²) in [6, 6.07) is 0.370. The van der Waals surface area contributed by atoms with Gasteiger partial charge in [0.25, 0.3) is 0 Å². The van der Waals surface area contributed by atoms with Crippen molar-refractivity contribution in [2.75, 3.05) is 5.75 Å². The Morgan fingerprint density at radius 3 is 3.05 bits per heavy atom. The highest BCUT2D eigenvalue weighted by atomic mass is 32.2. The number of thioether (sulfide) groups is 1. The highest BCUT2D eigenvalue weighted by Gasteiger charge is 2.36. The molecule has 1 aliphatic carbocycles. The zero-order valence-electron chi connectivity index (χ0n) is 11.8. The molecule has 0 spiro atoms. The first kappa shape index (κ1) is 13.0. The molecule has 20 heavy (non-hydrogen) atoms. The van der Waals surface area contributed by atoms with Crippen LogP contribution < -0.4 is 0 Å². The van der Waals surface area contributed by atoms with Gasteiger partial charge in [0.05, 0.1) is 30.4 Å². The van der Waals surface area contributed by atoms with Gasteiger partial charge in [0.2, 0.25) is 0 Å². The second-order valence-electron chi connectivity index (χ2n) is 6.36. The van der Waals surface area contributed by atoms with Crippen LogP contribution in [0.3, 0.4) is 0 Å². The Kier molecular flexibility index (Phi) is 3.39. The summed E-state index contributed by atoms with van der Waals surface area (Å²) in [6.07, 6.45) is 12.2. The predicted octanol–water partition coefficient (Wildman–Crippen LogP) is 3.62. The third-order valence-electron chi connectivity index (χ3n) is 5.20. The average molecular weight is 290 g/mol. The molecule has 0 radical (unpaired) electrons. The Bertz CT molecular complexity index is 530. The number of rotatable bonds is 3. The number of imidazole rings is 1. The van der Waals surface area contributed by atoms with Crippen molar-refractivity contribution in [3.63, 3.8) is 0 Å².